The molecule has 114 valence electrons. The molecule has 0 spiro atoms. The lowest BCUT2D eigenvalue weighted by atomic mass is 10.2. The van der Waals surface area contributed by atoms with Gasteiger partial charge in [-0.05, 0) is 25.5 Å². The van der Waals surface area contributed by atoms with Crippen molar-refractivity contribution >= 4 is 11.6 Å². The van der Waals surface area contributed by atoms with Crippen molar-refractivity contribution in [1.82, 2.24) is 4.90 Å². The number of carbonyl (C=O) groups is 1. The van der Waals surface area contributed by atoms with E-state index in [0.717, 1.165) is 49.8 Å². The van der Waals surface area contributed by atoms with E-state index in [2.05, 4.69) is 11.8 Å². The largest absolute Gasteiger partial charge is 0.497 e. The van der Waals surface area contributed by atoms with E-state index in [-0.39, 0.29) is 12.0 Å². The molecule has 1 atom stereocenters. The topological polar surface area (TPSA) is 42.0 Å². The smallest absolute Gasteiger partial charge is 0.222 e. The Balaban J connectivity index is 1.74. The summed E-state index contributed by atoms with van der Waals surface area (Å²) in [6.45, 7) is 5.41. The number of ether oxygens (including phenoxy) is 2. The highest BCUT2D eigenvalue weighted by atomic mass is 16.5. The summed E-state index contributed by atoms with van der Waals surface area (Å²) >= 11 is 0. The van der Waals surface area contributed by atoms with Gasteiger partial charge in [-0.3, -0.25) is 4.79 Å². The predicted octanol–water partition coefficient (Wildman–Crippen LogP) is 1.90. The Morgan fingerprint density at radius 1 is 1.33 bits per heavy atom. The fourth-order valence-electron chi connectivity index (χ4n) is 3.03. The molecule has 2 aliphatic rings. The molecule has 0 aromatic heterocycles. The first-order chi connectivity index (χ1) is 10.2. The second kappa shape index (κ2) is 5.84. The molecule has 0 saturated carbocycles. The Hall–Kier alpha value is -1.91. The molecule has 1 amide bonds. The normalized spacial score (nSPS) is 21.2. The molecule has 5 heteroatoms. The number of nitrogens with zero attached hydrogens (tertiary/aromatic N) is 2. The van der Waals surface area contributed by atoms with Gasteiger partial charge in [0, 0.05) is 32.1 Å². The van der Waals surface area contributed by atoms with Crippen LogP contribution >= 0.6 is 0 Å². The molecule has 0 bridgehead atoms. The van der Waals surface area contributed by atoms with Gasteiger partial charge in [-0.1, -0.05) is 0 Å². The van der Waals surface area contributed by atoms with Crippen LogP contribution in [0.15, 0.2) is 18.2 Å². The average molecular weight is 290 g/mol. The highest BCUT2D eigenvalue weighted by Gasteiger charge is 2.25. The second-order valence-corrected chi connectivity index (χ2v) is 5.69. The van der Waals surface area contributed by atoms with Gasteiger partial charge in [0.25, 0.3) is 0 Å². The van der Waals surface area contributed by atoms with Crippen molar-refractivity contribution in [2.75, 3.05) is 38.2 Å². The number of likely N-dealkylation sites (tertiary alicyclic amines) is 1. The number of hydrogen-bond donors (Lipinski definition) is 0. The monoisotopic (exact) mass is 290 g/mol. The second-order valence-electron chi connectivity index (χ2n) is 5.69. The van der Waals surface area contributed by atoms with E-state index in [1.165, 1.54) is 0 Å². The first-order valence-electron chi connectivity index (χ1n) is 7.55. The van der Waals surface area contributed by atoms with E-state index in [1.54, 1.807) is 7.11 Å². The summed E-state index contributed by atoms with van der Waals surface area (Å²) in [6.07, 6.45) is 1.84. The van der Waals surface area contributed by atoms with Crippen molar-refractivity contribution in [3.05, 3.63) is 18.2 Å². The minimum atomic E-state index is 0.153. The maximum absolute atomic E-state index is 11.7. The SMILES string of the molecule is COc1ccc2c(c1)N(CCN1CCCC1=O)CC(C)O2. The third kappa shape index (κ3) is 2.91. The van der Waals surface area contributed by atoms with Gasteiger partial charge in [-0.25, -0.2) is 0 Å². The first kappa shape index (κ1) is 14.0. The van der Waals surface area contributed by atoms with Crippen LogP contribution in [0.1, 0.15) is 19.8 Å². The Morgan fingerprint density at radius 3 is 2.86 bits per heavy atom. The summed E-state index contributed by atoms with van der Waals surface area (Å²) in [5.74, 6) is 2.00. The Labute approximate surface area is 125 Å². The van der Waals surface area contributed by atoms with Crippen LogP contribution in [0, 0.1) is 0 Å². The molecule has 1 fully saturated rings. The standard InChI is InChI=1S/C16H22N2O3/c1-12-11-18(9-8-17-7-3-4-16(17)19)14-10-13(20-2)5-6-15(14)21-12/h5-6,10,12H,3-4,7-9,11H2,1-2H3. The average Bonchev–Trinajstić information content (AvgIpc) is 2.89. The van der Waals surface area contributed by atoms with Gasteiger partial charge in [0.2, 0.25) is 5.91 Å². The Kier molecular flexibility index (Phi) is 3.90. The maximum Gasteiger partial charge on any atom is 0.222 e. The molecule has 1 unspecified atom stereocenters. The lowest BCUT2D eigenvalue weighted by Crippen LogP contribution is -2.43. The number of hydrogen-bond acceptors (Lipinski definition) is 4. The number of methoxy groups -OCH3 is 1. The summed E-state index contributed by atoms with van der Waals surface area (Å²) in [5.41, 5.74) is 1.05. The molecule has 5 nitrogen and oxygen atoms in total. The van der Waals surface area contributed by atoms with Crippen LogP contribution in [0.2, 0.25) is 0 Å². The van der Waals surface area contributed by atoms with Crippen molar-refractivity contribution < 1.29 is 14.3 Å². The van der Waals surface area contributed by atoms with Crippen LogP contribution in [-0.2, 0) is 4.79 Å². The molecule has 1 aromatic rings. The summed E-state index contributed by atoms with van der Waals surface area (Å²) in [5, 5.41) is 0. The summed E-state index contributed by atoms with van der Waals surface area (Å²) in [7, 11) is 1.67. The summed E-state index contributed by atoms with van der Waals surface area (Å²) in [4.78, 5) is 16.0. The number of benzene rings is 1. The van der Waals surface area contributed by atoms with E-state index < -0.39 is 0 Å². The van der Waals surface area contributed by atoms with E-state index in [4.69, 9.17) is 9.47 Å². The van der Waals surface area contributed by atoms with Gasteiger partial charge >= 0.3 is 0 Å². The fraction of sp³-hybridized carbons (Fsp3) is 0.562. The molecular formula is C16H22N2O3. The fourth-order valence-corrected chi connectivity index (χ4v) is 3.03. The van der Waals surface area contributed by atoms with Crippen molar-refractivity contribution in [3.8, 4) is 11.5 Å². The van der Waals surface area contributed by atoms with Gasteiger partial charge in [0.15, 0.2) is 0 Å². The number of fused-ring (bicyclic) bond motifs is 1. The third-order valence-corrected chi connectivity index (χ3v) is 4.12. The summed E-state index contributed by atoms with van der Waals surface area (Å²) in [6, 6.07) is 5.88. The molecule has 3 rings (SSSR count). The third-order valence-electron chi connectivity index (χ3n) is 4.12. The van der Waals surface area contributed by atoms with Crippen LogP contribution < -0.4 is 14.4 Å². The van der Waals surface area contributed by atoms with Crippen molar-refractivity contribution in [1.29, 1.82) is 0 Å². The Morgan fingerprint density at radius 2 is 2.14 bits per heavy atom. The van der Waals surface area contributed by atoms with Gasteiger partial charge in [-0.15, -0.1) is 0 Å². The van der Waals surface area contributed by atoms with Gasteiger partial charge in [0.1, 0.15) is 17.6 Å². The minimum absolute atomic E-state index is 0.153. The van der Waals surface area contributed by atoms with Crippen LogP contribution in [0.5, 0.6) is 11.5 Å². The zero-order valence-corrected chi connectivity index (χ0v) is 12.7. The number of anilines is 1. The maximum atomic E-state index is 11.7. The molecular weight excluding hydrogens is 268 g/mol. The Bertz CT molecular complexity index is 532. The molecule has 1 aromatic carbocycles. The van der Waals surface area contributed by atoms with Gasteiger partial charge < -0.3 is 19.3 Å². The quantitative estimate of drug-likeness (QED) is 0.849. The number of carbonyl (C=O) groups excluding carboxylic acids is 1. The van der Waals surface area contributed by atoms with Crippen molar-refractivity contribution in [2.24, 2.45) is 0 Å². The van der Waals surface area contributed by atoms with Crippen LogP contribution in [0.3, 0.4) is 0 Å². The predicted molar refractivity (Wildman–Crippen MR) is 81.1 cm³/mol. The van der Waals surface area contributed by atoms with Crippen molar-refractivity contribution in [2.45, 2.75) is 25.9 Å². The number of rotatable bonds is 4. The highest BCUT2D eigenvalue weighted by molar-refractivity contribution is 5.78. The van der Waals surface area contributed by atoms with Crippen LogP contribution in [-0.4, -0.2) is 50.2 Å². The van der Waals surface area contributed by atoms with Crippen LogP contribution in [0.4, 0.5) is 5.69 Å². The van der Waals surface area contributed by atoms with E-state index in [0.29, 0.717) is 6.42 Å². The lowest BCUT2D eigenvalue weighted by molar-refractivity contribution is -0.127. The van der Waals surface area contributed by atoms with E-state index >= 15 is 0 Å². The van der Waals surface area contributed by atoms with Gasteiger partial charge in [-0.2, -0.15) is 0 Å². The summed E-state index contributed by atoms with van der Waals surface area (Å²) < 4.78 is 11.2. The van der Waals surface area contributed by atoms with Crippen LogP contribution in [0.25, 0.3) is 0 Å². The zero-order chi connectivity index (χ0) is 14.8. The molecule has 21 heavy (non-hydrogen) atoms. The molecule has 2 heterocycles. The molecule has 0 aliphatic carbocycles. The molecule has 2 aliphatic heterocycles. The lowest BCUT2D eigenvalue weighted by Gasteiger charge is -2.36. The highest BCUT2D eigenvalue weighted by Crippen LogP contribution is 2.36. The van der Waals surface area contributed by atoms with Gasteiger partial charge in [0.05, 0.1) is 19.3 Å². The molecule has 0 N–H and O–H groups in total. The van der Waals surface area contributed by atoms with Crippen molar-refractivity contribution in [3.63, 3.8) is 0 Å². The molecule has 1 saturated heterocycles. The minimum Gasteiger partial charge on any atom is -0.497 e. The zero-order valence-electron chi connectivity index (χ0n) is 12.7. The first-order valence-corrected chi connectivity index (χ1v) is 7.55. The number of amides is 1. The molecule has 0 radical (unpaired) electrons. The van der Waals surface area contributed by atoms with E-state index in [1.807, 2.05) is 23.1 Å². The van der Waals surface area contributed by atoms with E-state index in [9.17, 15) is 4.79 Å².